The molecule has 164 valence electrons. The van der Waals surface area contributed by atoms with Gasteiger partial charge in [-0.2, -0.15) is 0 Å². The van der Waals surface area contributed by atoms with Crippen molar-refractivity contribution in [3.8, 4) is 0 Å². The average molecular weight is 439 g/mol. The van der Waals surface area contributed by atoms with Gasteiger partial charge in [0.2, 0.25) is 5.91 Å². The molecule has 0 aromatic heterocycles. The molecule has 0 N–H and O–H groups in total. The molecule has 12 heteroatoms. The Morgan fingerprint density at radius 1 is 0.875 bits per heavy atom. The summed E-state index contributed by atoms with van der Waals surface area (Å²) < 4.78 is 0. The Morgan fingerprint density at radius 3 is 2.12 bits per heavy atom. The number of carbonyl (C=O) groups is 3. The van der Waals surface area contributed by atoms with E-state index in [0.717, 1.165) is 16.7 Å². The van der Waals surface area contributed by atoms with Gasteiger partial charge in [-0.25, -0.2) is 0 Å². The van der Waals surface area contributed by atoms with E-state index in [1.54, 1.807) is 12.1 Å². The van der Waals surface area contributed by atoms with Crippen molar-refractivity contribution in [2.75, 3.05) is 37.6 Å². The van der Waals surface area contributed by atoms with Crippen molar-refractivity contribution in [2.24, 2.45) is 0 Å². The highest BCUT2D eigenvalue weighted by atomic mass is 16.6. The second kappa shape index (κ2) is 8.06. The number of carbonyl (C=O) groups excluding carboxylic acids is 3. The molecule has 4 rings (SSSR count). The topological polar surface area (TPSA) is 147 Å². The summed E-state index contributed by atoms with van der Waals surface area (Å²) in [5.74, 6) is -2.02. The smallest absolute Gasteiger partial charge is 0.282 e. The minimum absolute atomic E-state index is 0.0104. The van der Waals surface area contributed by atoms with Crippen molar-refractivity contribution in [1.82, 2.24) is 9.80 Å². The number of benzene rings is 2. The lowest BCUT2D eigenvalue weighted by Gasteiger charge is -2.36. The van der Waals surface area contributed by atoms with Gasteiger partial charge in [-0.1, -0.05) is 6.07 Å². The van der Waals surface area contributed by atoms with Crippen LogP contribution < -0.4 is 4.90 Å². The molecule has 32 heavy (non-hydrogen) atoms. The van der Waals surface area contributed by atoms with Gasteiger partial charge in [-0.15, -0.1) is 0 Å². The van der Waals surface area contributed by atoms with Crippen LogP contribution in [0.4, 0.5) is 17.1 Å². The standard InChI is InChI=1S/C20H17N5O7/c26-17(12-23-19(27)15-2-1-3-16(25(31)32)18(15)20(23)28)22-10-8-21(9-11-22)13-4-6-14(7-5-13)24(29)30/h1-7H,8-12H2. The van der Waals surface area contributed by atoms with Gasteiger partial charge in [0.05, 0.1) is 15.4 Å². The van der Waals surface area contributed by atoms with Crippen LogP contribution in [0.3, 0.4) is 0 Å². The van der Waals surface area contributed by atoms with Crippen LogP contribution in [-0.4, -0.2) is 70.1 Å². The Kier molecular flexibility index (Phi) is 5.26. The molecule has 0 radical (unpaired) electrons. The third-order valence-electron chi connectivity index (χ3n) is 5.53. The van der Waals surface area contributed by atoms with Crippen LogP contribution in [0.5, 0.6) is 0 Å². The quantitative estimate of drug-likeness (QED) is 0.386. The van der Waals surface area contributed by atoms with E-state index in [-0.39, 0.29) is 16.8 Å². The lowest BCUT2D eigenvalue weighted by Crippen LogP contribution is -2.51. The van der Waals surface area contributed by atoms with Crippen LogP contribution >= 0.6 is 0 Å². The maximum Gasteiger partial charge on any atom is 0.282 e. The highest BCUT2D eigenvalue weighted by Gasteiger charge is 2.42. The maximum atomic E-state index is 12.7. The van der Waals surface area contributed by atoms with Gasteiger partial charge in [0.25, 0.3) is 23.2 Å². The molecular formula is C20H17N5O7. The number of amides is 3. The molecule has 2 heterocycles. The summed E-state index contributed by atoms with van der Waals surface area (Å²) in [6.07, 6.45) is 0. The third kappa shape index (κ3) is 3.62. The van der Waals surface area contributed by atoms with E-state index in [9.17, 15) is 34.6 Å². The van der Waals surface area contributed by atoms with Crippen LogP contribution in [0, 0.1) is 20.2 Å². The van der Waals surface area contributed by atoms with E-state index in [1.165, 1.54) is 29.2 Å². The van der Waals surface area contributed by atoms with Crippen LogP contribution in [0.2, 0.25) is 0 Å². The van der Waals surface area contributed by atoms with Gasteiger partial charge in [0.15, 0.2) is 0 Å². The summed E-state index contributed by atoms with van der Waals surface area (Å²) in [6, 6.07) is 9.90. The Morgan fingerprint density at radius 2 is 1.53 bits per heavy atom. The van der Waals surface area contributed by atoms with Crippen LogP contribution in [0.15, 0.2) is 42.5 Å². The van der Waals surface area contributed by atoms with Gasteiger partial charge < -0.3 is 9.80 Å². The first-order valence-corrected chi connectivity index (χ1v) is 9.68. The fourth-order valence-electron chi connectivity index (χ4n) is 3.85. The normalized spacial score (nSPS) is 15.7. The lowest BCUT2D eigenvalue weighted by molar-refractivity contribution is -0.385. The number of piperazine rings is 1. The van der Waals surface area contributed by atoms with Crippen molar-refractivity contribution in [2.45, 2.75) is 0 Å². The molecule has 3 amide bonds. The van der Waals surface area contributed by atoms with E-state index in [4.69, 9.17) is 0 Å². The summed E-state index contributed by atoms with van der Waals surface area (Å²) in [5.41, 5.74) is -0.0649. The summed E-state index contributed by atoms with van der Waals surface area (Å²) >= 11 is 0. The zero-order chi connectivity index (χ0) is 23.0. The minimum atomic E-state index is -0.852. The van der Waals surface area contributed by atoms with E-state index in [0.29, 0.717) is 26.2 Å². The Labute approximate surface area is 180 Å². The van der Waals surface area contributed by atoms with E-state index in [1.807, 2.05) is 4.90 Å². The van der Waals surface area contributed by atoms with Gasteiger partial charge in [-0.05, 0) is 18.2 Å². The van der Waals surface area contributed by atoms with Crippen molar-refractivity contribution in [3.05, 3.63) is 73.8 Å². The van der Waals surface area contributed by atoms with Crippen LogP contribution in [0.25, 0.3) is 0 Å². The number of rotatable bonds is 5. The number of imide groups is 1. The van der Waals surface area contributed by atoms with Crippen molar-refractivity contribution >= 4 is 34.8 Å². The molecule has 0 aliphatic carbocycles. The number of nitro groups is 2. The lowest BCUT2D eigenvalue weighted by atomic mass is 10.1. The minimum Gasteiger partial charge on any atom is -0.368 e. The largest absolute Gasteiger partial charge is 0.368 e. The Bertz CT molecular complexity index is 1140. The number of hydrogen-bond acceptors (Lipinski definition) is 8. The molecule has 0 atom stereocenters. The van der Waals surface area contributed by atoms with E-state index in [2.05, 4.69) is 0 Å². The number of anilines is 1. The fraction of sp³-hybridized carbons (Fsp3) is 0.250. The Hall–Kier alpha value is -4.35. The van der Waals surface area contributed by atoms with Crippen LogP contribution in [0.1, 0.15) is 20.7 Å². The van der Waals surface area contributed by atoms with Gasteiger partial charge in [0, 0.05) is 50.1 Å². The number of nitrogens with zero attached hydrogens (tertiary/aromatic N) is 5. The second-order valence-corrected chi connectivity index (χ2v) is 7.29. The summed E-state index contributed by atoms with van der Waals surface area (Å²) in [6.45, 7) is 1.10. The summed E-state index contributed by atoms with van der Waals surface area (Å²) in [5, 5.41) is 22.0. The summed E-state index contributed by atoms with van der Waals surface area (Å²) in [7, 11) is 0. The first kappa shape index (κ1) is 20.9. The molecule has 0 saturated carbocycles. The van der Waals surface area contributed by atoms with Crippen molar-refractivity contribution in [1.29, 1.82) is 0 Å². The zero-order valence-electron chi connectivity index (χ0n) is 16.7. The second-order valence-electron chi connectivity index (χ2n) is 7.29. The molecule has 0 spiro atoms. The van der Waals surface area contributed by atoms with Gasteiger partial charge in [-0.3, -0.25) is 39.5 Å². The van der Waals surface area contributed by atoms with E-state index >= 15 is 0 Å². The fourth-order valence-corrected chi connectivity index (χ4v) is 3.85. The Balaban J connectivity index is 1.40. The average Bonchev–Trinajstić information content (AvgIpc) is 3.04. The number of fused-ring (bicyclic) bond motifs is 1. The predicted molar refractivity (Wildman–Crippen MR) is 110 cm³/mol. The van der Waals surface area contributed by atoms with Gasteiger partial charge >= 0.3 is 0 Å². The van der Waals surface area contributed by atoms with E-state index < -0.39 is 39.8 Å². The number of nitro benzene ring substituents is 2. The number of non-ortho nitro benzene ring substituents is 1. The zero-order valence-corrected chi connectivity index (χ0v) is 16.7. The maximum absolute atomic E-state index is 12.7. The van der Waals surface area contributed by atoms with Crippen molar-refractivity contribution in [3.63, 3.8) is 0 Å². The molecule has 1 fully saturated rings. The predicted octanol–water partition coefficient (Wildman–Crippen LogP) is 1.45. The molecule has 2 aliphatic heterocycles. The molecule has 12 nitrogen and oxygen atoms in total. The SMILES string of the molecule is O=C(CN1C(=O)c2cccc([N+](=O)[O-])c2C1=O)N1CCN(c2ccc([N+](=O)[O-])cc2)CC1. The highest BCUT2D eigenvalue weighted by Crippen LogP contribution is 2.30. The molecule has 2 aromatic carbocycles. The van der Waals surface area contributed by atoms with Gasteiger partial charge in [0.1, 0.15) is 12.1 Å². The van der Waals surface area contributed by atoms with Crippen LogP contribution in [-0.2, 0) is 4.79 Å². The third-order valence-corrected chi connectivity index (χ3v) is 5.53. The monoisotopic (exact) mass is 439 g/mol. The molecule has 0 unspecified atom stereocenters. The molecule has 1 saturated heterocycles. The molecule has 0 bridgehead atoms. The van der Waals surface area contributed by atoms with Crippen molar-refractivity contribution < 1.29 is 24.2 Å². The first-order valence-electron chi connectivity index (χ1n) is 9.68. The first-order chi connectivity index (χ1) is 15.3. The number of hydrogen-bond donors (Lipinski definition) is 0. The molecular weight excluding hydrogens is 422 g/mol. The highest BCUT2D eigenvalue weighted by molar-refractivity contribution is 6.24. The summed E-state index contributed by atoms with van der Waals surface area (Å²) in [4.78, 5) is 62.9. The molecule has 2 aliphatic rings. The molecule has 2 aromatic rings.